The average molecular weight is 751 g/mol. The lowest BCUT2D eigenvalue weighted by Crippen LogP contribution is -2.03. The number of phenols is 2. The number of furan rings is 2. The van der Waals surface area contributed by atoms with Crippen molar-refractivity contribution in [1.82, 2.24) is 0 Å². The number of ketones is 1. The predicted octanol–water partition coefficient (Wildman–Crippen LogP) is 13.8. The summed E-state index contributed by atoms with van der Waals surface area (Å²) in [7, 11) is 0. The molecule has 58 heavy (non-hydrogen) atoms. The predicted molar refractivity (Wildman–Crippen MR) is 232 cm³/mol. The molecule has 0 atom stereocenters. The van der Waals surface area contributed by atoms with Crippen LogP contribution in [0.1, 0.15) is 15.9 Å². The van der Waals surface area contributed by atoms with Crippen molar-refractivity contribution in [2.24, 2.45) is 0 Å². The third kappa shape index (κ3) is 5.76. The van der Waals surface area contributed by atoms with E-state index in [0.717, 1.165) is 44.2 Å². The van der Waals surface area contributed by atoms with Crippen LogP contribution in [-0.4, -0.2) is 16.0 Å². The van der Waals surface area contributed by atoms with Crippen LogP contribution in [0.2, 0.25) is 0 Å². The summed E-state index contributed by atoms with van der Waals surface area (Å²) in [5, 5.41) is 25.8. The zero-order valence-electron chi connectivity index (χ0n) is 31.1. The lowest BCUT2D eigenvalue weighted by Gasteiger charge is -2.14. The minimum atomic E-state index is -0.515. The van der Waals surface area contributed by atoms with Crippen molar-refractivity contribution in [3.8, 4) is 78.7 Å². The van der Waals surface area contributed by atoms with E-state index in [1.165, 1.54) is 0 Å². The Morgan fingerprint density at radius 1 is 0.345 bits per heavy atom. The van der Waals surface area contributed by atoms with Crippen molar-refractivity contribution in [2.75, 3.05) is 0 Å². The molecule has 0 fully saturated rings. The highest BCUT2D eigenvalue weighted by Gasteiger charge is 2.27. The Kier molecular flexibility index (Phi) is 8.54. The second kappa shape index (κ2) is 14.3. The van der Waals surface area contributed by atoms with Crippen molar-refractivity contribution in [2.45, 2.75) is 0 Å². The van der Waals surface area contributed by atoms with Gasteiger partial charge in [0.1, 0.15) is 34.2 Å². The standard InChI is InChI=1S/C53H34O5/c54-49-39(37-25-15-31-43-47(37)45(33-17-5-1-6-18-33)52(57-43)35-21-9-3-10-22-35)27-13-29-41(49)51(56)42-30-14-28-40(50(42)55)38-26-16-32-44-48(38)46(34-19-7-2-8-20-34)53(58-44)36-23-11-4-12-24-36/h1-32,54-55H. The minimum absolute atomic E-state index is 0.0628. The van der Waals surface area contributed by atoms with E-state index in [-0.39, 0.29) is 22.6 Å². The molecule has 10 aromatic rings. The minimum Gasteiger partial charge on any atom is -0.507 e. The quantitative estimate of drug-likeness (QED) is 0.151. The lowest BCUT2D eigenvalue weighted by molar-refractivity contribution is 0.103. The zero-order valence-corrected chi connectivity index (χ0v) is 31.1. The molecular weight excluding hydrogens is 717 g/mol. The number of phenolic OH excluding ortho intramolecular Hbond substituents is 2. The van der Waals surface area contributed by atoms with Crippen LogP contribution in [-0.2, 0) is 0 Å². The number of carbonyl (C=O) groups is 1. The largest absolute Gasteiger partial charge is 0.507 e. The highest BCUT2D eigenvalue weighted by Crippen LogP contribution is 2.49. The number of fused-ring (bicyclic) bond motifs is 2. The monoisotopic (exact) mass is 750 g/mol. The fraction of sp³-hybridized carbons (Fsp3) is 0. The van der Waals surface area contributed by atoms with Crippen LogP contribution < -0.4 is 0 Å². The molecule has 8 aromatic carbocycles. The number of para-hydroxylation sites is 2. The van der Waals surface area contributed by atoms with E-state index in [9.17, 15) is 15.0 Å². The molecule has 2 heterocycles. The van der Waals surface area contributed by atoms with Gasteiger partial charge >= 0.3 is 0 Å². The first-order valence-corrected chi connectivity index (χ1v) is 19.1. The van der Waals surface area contributed by atoms with Crippen LogP contribution in [0.15, 0.2) is 203 Å². The number of aromatic hydroxyl groups is 2. The van der Waals surface area contributed by atoms with Gasteiger partial charge in [-0.25, -0.2) is 0 Å². The summed E-state index contributed by atoms with van der Waals surface area (Å²) in [6.45, 7) is 0. The molecule has 0 unspecified atom stereocenters. The van der Waals surface area contributed by atoms with Crippen LogP contribution in [0, 0.1) is 0 Å². The van der Waals surface area contributed by atoms with Crippen LogP contribution in [0.25, 0.3) is 89.1 Å². The molecular formula is C53H34O5. The molecule has 5 nitrogen and oxygen atoms in total. The summed E-state index contributed by atoms with van der Waals surface area (Å²) >= 11 is 0. The van der Waals surface area contributed by atoms with E-state index in [1.54, 1.807) is 36.4 Å². The average Bonchev–Trinajstić information content (AvgIpc) is 3.88. The molecule has 0 saturated carbocycles. The van der Waals surface area contributed by atoms with E-state index in [1.807, 2.05) is 158 Å². The molecule has 10 rings (SSSR count). The first-order chi connectivity index (χ1) is 28.6. The van der Waals surface area contributed by atoms with Crippen molar-refractivity contribution < 1.29 is 23.8 Å². The lowest BCUT2D eigenvalue weighted by atomic mass is 9.89. The van der Waals surface area contributed by atoms with E-state index >= 15 is 0 Å². The number of rotatable bonds is 8. The van der Waals surface area contributed by atoms with E-state index in [2.05, 4.69) is 0 Å². The van der Waals surface area contributed by atoms with Gasteiger partial charge in [0.15, 0.2) is 0 Å². The normalized spacial score (nSPS) is 11.3. The highest BCUT2D eigenvalue weighted by atomic mass is 16.3. The smallest absolute Gasteiger partial charge is 0.200 e. The van der Waals surface area contributed by atoms with E-state index < -0.39 is 5.78 Å². The van der Waals surface area contributed by atoms with Gasteiger partial charge in [-0.2, -0.15) is 0 Å². The van der Waals surface area contributed by atoms with Gasteiger partial charge in [0.05, 0.1) is 11.1 Å². The van der Waals surface area contributed by atoms with Crippen molar-refractivity contribution >= 4 is 27.7 Å². The first kappa shape index (κ1) is 34.6. The van der Waals surface area contributed by atoms with Crippen LogP contribution in [0.4, 0.5) is 0 Å². The molecule has 0 spiro atoms. The topological polar surface area (TPSA) is 83.8 Å². The Balaban J connectivity index is 1.12. The summed E-state index contributed by atoms with van der Waals surface area (Å²) in [5.74, 6) is 0.520. The zero-order chi connectivity index (χ0) is 39.2. The van der Waals surface area contributed by atoms with Gasteiger partial charge in [0.2, 0.25) is 5.78 Å². The summed E-state index contributed by atoms with van der Waals surface area (Å²) < 4.78 is 13.1. The molecule has 5 heteroatoms. The molecule has 0 saturated heterocycles. The first-order valence-electron chi connectivity index (χ1n) is 19.1. The van der Waals surface area contributed by atoms with Crippen molar-refractivity contribution in [1.29, 1.82) is 0 Å². The molecule has 0 aliphatic rings. The Morgan fingerprint density at radius 2 is 0.672 bits per heavy atom. The van der Waals surface area contributed by atoms with Crippen LogP contribution in [0.5, 0.6) is 11.5 Å². The third-order valence-electron chi connectivity index (χ3n) is 10.8. The number of hydrogen-bond acceptors (Lipinski definition) is 5. The molecule has 0 radical (unpaired) electrons. The fourth-order valence-corrected chi connectivity index (χ4v) is 8.13. The van der Waals surface area contributed by atoms with Crippen molar-refractivity contribution in [3.05, 3.63) is 205 Å². The highest BCUT2D eigenvalue weighted by molar-refractivity contribution is 6.17. The summed E-state index contributed by atoms with van der Waals surface area (Å²) in [6.07, 6.45) is 0. The van der Waals surface area contributed by atoms with Gasteiger partial charge in [-0.05, 0) is 46.5 Å². The third-order valence-corrected chi connectivity index (χ3v) is 10.8. The summed E-state index contributed by atoms with van der Waals surface area (Å²) in [6, 6.07) is 61.7. The molecule has 0 bridgehead atoms. The van der Waals surface area contributed by atoms with Crippen LogP contribution >= 0.6 is 0 Å². The summed E-state index contributed by atoms with van der Waals surface area (Å²) in [5.41, 5.74) is 9.31. The van der Waals surface area contributed by atoms with E-state index in [4.69, 9.17) is 8.83 Å². The molecule has 276 valence electrons. The Hall–Kier alpha value is -7.89. The Labute approximate surface area is 334 Å². The maximum Gasteiger partial charge on any atom is 0.200 e. The maximum absolute atomic E-state index is 14.6. The second-order valence-electron chi connectivity index (χ2n) is 14.2. The van der Waals surface area contributed by atoms with Gasteiger partial charge < -0.3 is 19.0 Å². The maximum atomic E-state index is 14.6. The van der Waals surface area contributed by atoms with E-state index in [0.29, 0.717) is 44.9 Å². The number of carbonyl (C=O) groups excluding carboxylic acids is 1. The van der Waals surface area contributed by atoms with Gasteiger partial charge in [0.25, 0.3) is 0 Å². The van der Waals surface area contributed by atoms with Crippen LogP contribution in [0.3, 0.4) is 0 Å². The molecule has 0 aliphatic carbocycles. The van der Waals surface area contributed by atoms with Gasteiger partial charge in [0, 0.05) is 44.2 Å². The molecule has 2 aromatic heterocycles. The van der Waals surface area contributed by atoms with Gasteiger partial charge in [-0.1, -0.05) is 170 Å². The molecule has 0 aliphatic heterocycles. The Bertz CT molecular complexity index is 2910. The molecule has 2 N–H and O–H groups in total. The fourth-order valence-electron chi connectivity index (χ4n) is 8.13. The molecule has 0 amide bonds. The SMILES string of the molecule is O=C(c1cccc(-c2cccc3oc(-c4ccccc4)c(-c4ccccc4)c23)c1O)c1cccc(-c2cccc3oc(-c4ccccc4)c(-c4ccccc4)c23)c1O. The second-order valence-corrected chi connectivity index (χ2v) is 14.2. The van der Waals surface area contributed by atoms with Gasteiger partial charge in [-0.3, -0.25) is 4.79 Å². The summed E-state index contributed by atoms with van der Waals surface area (Å²) in [4.78, 5) is 14.6. The number of benzene rings is 8. The Morgan fingerprint density at radius 3 is 1.05 bits per heavy atom. The van der Waals surface area contributed by atoms with Gasteiger partial charge in [-0.15, -0.1) is 0 Å². The van der Waals surface area contributed by atoms with Crippen molar-refractivity contribution in [3.63, 3.8) is 0 Å². The number of hydrogen-bond donors (Lipinski definition) is 2.